The van der Waals surface area contributed by atoms with Gasteiger partial charge in [0.15, 0.2) is 5.11 Å². The minimum Gasteiger partial charge on any atom is -0.352 e. The average Bonchev–Trinajstić information content (AvgIpc) is 3.57. The van der Waals surface area contributed by atoms with Gasteiger partial charge >= 0.3 is 0 Å². The Morgan fingerprint density at radius 1 is 0.921 bits per heavy atom. The molecule has 8 heteroatoms. The van der Waals surface area contributed by atoms with Gasteiger partial charge in [0, 0.05) is 60.2 Å². The first kappa shape index (κ1) is 23.8. The highest BCUT2D eigenvalue weighted by Crippen LogP contribution is 2.39. The van der Waals surface area contributed by atoms with Crippen LogP contribution in [0.1, 0.15) is 29.9 Å². The molecule has 2 atom stereocenters. The van der Waals surface area contributed by atoms with E-state index in [-0.39, 0.29) is 24.4 Å². The monoisotopic (exact) mass is 518 g/mol. The first-order valence-electron chi connectivity index (χ1n) is 12.5. The molecular formula is C30H26N6OS. The summed E-state index contributed by atoms with van der Waals surface area (Å²) in [6, 6.07) is 27.6. The molecule has 38 heavy (non-hydrogen) atoms. The average molecular weight is 519 g/mol. The molecule has 5 aromatic rings. The molecule has 1 aliphatic rings. The molecule has 0 aliphatic carbocycles. The topological polar surface area (TPSA) is 75.1 Å². The molecule has 0 spiro atoms. The highest BCUT2D eigenvalue weighted by molar-refractivity contribution is 7.80. The Morgan fingerprint density at radius 2 is 1.74 bits per heavy atom. The van der Waals surface area contributed by atoms with Gasteiger partial charge < -0.3 is 20.1 Å². The third kappa shape index (κ3) is 4.62. The quantitative estimate of drug-likeness (QED) is 0.280. The van der Waals surface area contributed by atoms with E-state index in [4.69, 9.17) is 12.2 Å². The number of anilines is 1. The molecule has 4 heterocycles. The van der Waals surface area contributed by atoms with Gasteiger partial charge in [-0.1, -0.05) is 42.5 Å². The molecule has 0 saturated carbocycles. The fourth-order valence-corrected chi connectivity index (χ4v) is 5.44. The molecule has 7 nitrogen and oxygen atoms in total. The van der Waals surface area contributed by atoms with Crippen LogP contribution in [-0.2, 0) is 4.79 Å². The summed E-state index contributed by atoms with van der Waals surface area (Å²) < 4.78 is 2.14. The predicted molar refractivity (Wildman–Crippen MR) is 153 cm³/mol. The van der Waals surface area contributed by atoms with Crippen molar-refractivity contribution in [1.29, 1.82) is 0 Å². The van der Waals surface area contributed by atoms with Crippen molar-refractivity contribution in [1.82, 2.24) is 24.8 Å². The second-order valence-electron chi connectivity index (χ2n) is 9.15. The van der Waals surface area contributed by atoms with Crippen LogP contribution in [-0.4, -0.2) is 37.0 Å². The lowest BCUT2D eigenvalue weighted by atomic mass is 10.0. The van der Waals surface area contributed by atoms with Gasteiger partial charge in [-0.05, 0) is 60.1 Å². The molecule has 0 bridgehead atoms. The maximum absolute atomic E-state index is 13.1. The number of hydrogen-bond donors (Lipinski definition) is 2. The Morgan fingerprint density at radius 3 is 2.58 bits per heavy atom. The summed E-state index contributed by atoms with van der Waals surface area (Å²) in [5.74, 6) is -0.0614. The zero-order valence-electron chi connectivity index (χ0n) is 20.6. The summed E-state index contributed by atoms with van der Waals surface area (Å²) in [6.07, 6.45) is 7.67. The number of aromatic nitrogens is 3. The van der Waals surface area contributed by atoms with Gasteiger partial charge in [0.05, 0.1) is 17.8 Å². The van der Waals surface area contributed by atoms with Crippen molar-refractivity contribution in [2.75, 3.05) is 11.9 Å². The number of nitrogens with one attached hydrogen (secondary N) is 2. The van der Waals surface area contributed by atoms with Gasteiger partial charge in [0.25, 0.3) is 0 Å². The van der Waals surface area contributed by atoms with Gasteiger partial charge in [-0.3, -0.25) is 14.8 Å². The number of carbonyl (C=O) groups excluding carboxylic acids is 1. The van der Waals surface area contributed by atoms with E-state index in [0.29, 0.717) is 11.7 Å². The van der Waals surface area contributed by atoms with Crippen LogP contribution >= 0.6 is 12.2 Å². The standard InChI is InChI=1S/C30H26N6OS/c37-27(33-24-11-5-8-21-7-1-2-9-23(21)24)15-20-36-29(28(34-30(36)38)25-10-3-4-16-32-25)26-12-6-19-35(26)22-13-17-31-18-14-22/h1-14,16-19,28-29H,15,20H2,(H,33,37)(H,34,38). The molecule has 1 saturated heterocycles. The third-order valence-corrected chi connectivity index (χ3v) is 7.22. The number of amides is 1. The van der Waals surface area contributed by atoms with Crippen molar-refractivity contribution >= 4 is 39.7 Å². The Labute approximate surface area is 226 Å². The maximum atomic E-state index is 13.1. The minimum absolute atomic E-state index is 0.0614. The van der Waals surface area contributed by atoms with Gasteiger partial charge in [-0.15, -0.1) is 0 Å². The molecule has 1 aliphatic heterocycles. The SMILES string of the molecule is O=C(CCN1C(=S)NC(c2ccccn2)C1c1cccn1-c1ccncc1)Nc1cccc2ccccc12. The smallest absolute Gasteiger partial charge is 0.226 e. The molecule has 3 aromatic heterocycles. The summed E-state index contributed by atoms with van der Waals surface area (Å²) in [7, 11) is 0. The highest BCUT2D eigenvalue weighted by atomic mass is 32.1. The van der Waals surface area contributed by atoms with Crippen LogP contribution in [0.15, 0.2) is 110 Å². The van der Waals surface area contributed by atoms with E-state index in [1.807, 2.05) is 85.1 Å². The van der Waals surface area contributed by atoms with Gasteiger partial charge in [0.1, 0.15) is 0 Å². The number of fused-ring (bicyclic) bond motifs is 1. The lowest BCUT2D eigenvalue weighted by Crippen LogP contribution is -2.33. The lowest BCUT2D eigenvalue weighted by Gasteiger charge is -2.28. The fraction of sp³-hybridized carbons (Fsp3) is 0.133. The molecule has 2 unspecified atom stereocenters. The van der Waals surface area contributed by atoms with Gasteiger partial charge in [0.2, 0.25) is 5.91 Å². The van der Waals surface area contributed by atoms with Crippen LogP contribution in [0, 0.1) is 0 Å². The first-order valence-corrected chi connectivity index (χ1v) is 12.9. The highest BCUT2D eigenvalue weighted by Gasteiger charge is 2.41. The number of hydrogen-bond acceptors (Lipinski definition) is 4. The Balaban J connectivity index is 1.28. The molecule has 1 fully saturated rings. The van der Waals surface area contributed by atoms with Crippen molar-refractivity contribution in [3.8, 4) is 5.69 Å². The molecule has 2 N–H and O–H groups in total. The van der Waals surface area contributed by atoms with Crippen LogP contribution < -0.4 is 10.6 Å². The Kier molecular flexibility index (Phi) is 6.54. The second-order valence-corrected chi connectivity index (χ2v) is 9.54. The third-order valence-electron chi connectivity index (χ3n) is 6.87. The zero-order valence-corrected chi connectivity index (χ0v) is 21.4. The van der Waals surface area contributed by atoms with E-state index in [2.05, 4.69) is 36.1 Å². The van der Waals surface area contributed by atoms with E-state index in [9.17, 15) is 4.79 Å². The van der Waals surface area contributed by atoms with Crippen molar-refractivity contribution in [2.24, 2.45) is 0 Å². The number of carbonyl (C=O) groups is 1. The number of nitrogens with zero attached hydrogens (tertiary/aromatic N) is 4. The van der Waals surface area contributed by atoms with Crippen molar-refractivity contribution in [3.05, 3.63) is 121 Å². The maximum Gasteiger partial charge on any atom is 0.226 e. The number of benzene rings is 2. The molecular weight excluding hydrogens is 492 g/mol. The fourth-order valence-electron chi connectivity index (χ4n) is 5.11. The van der Waals surface area contributed by atoms with Gasteiger partial charge in [-0.25, -0.2) is 0 Å². The zero-order chi connectivity index (χ0) is 25.9. The molecule has 6 rings (SSSR count). The predicted octanol–water partition coefficient (Wildman–Crippen LogP) is 5.42. The van der Waals surface area contributed by atoms with Crippen molar-refractivity contribution < 1.29 is 4.79 Å². The number of rotatable bonds is 7. The van der Waals surface area contributed by atoms with Crippen molar-refractivity contribution in [2.45, 2.75) is 18.5 Å². The molecule has 188 valence electrons. The van der Waals surface area contributed by atoms with Crippen LogP contribution in [0.5, 0.6) is 0 Å². The van der Waals surface area contributed by atoms with E-state index in [1.54, 1.807) is 18.6 Å². The summed E-state index contributed by atoms with van der Waals surface area (Å²) in [4.78, 5) is 24.0. The summed E-state index contributed by atoms with van der Waals surface area (Å²) in [5, 5.41) is 9.28. The Bertz CT molecular complexity index is 1580. The van der Waals surface area contributed by atoms with Crippen LogP contribution in [0.4, 0.5) is 5.69 Å². The second kappa shape index (κ2) is 10.4. The van der Waals surface area contributed by atoms with E-state index in [0.717, 1.165) is 33.5 Å². The van der Waals surface area contributed by atoms with Crippen LogP contribution in [0.3, 0.4) is 0 Å². The minimum atomic E-state index is -0.166. The normalized spacial score (nSPS) is 16.9. The summed E-state index contributed by atoms with van der Waals surface area (Å²) in [6.45, 7) is 0.456. The van der Waals surface area contributed by atoms with E-state index >= 15 is 0 Å². The molecule has 0 radical (unpaired) electrons. The summed E-state index contributed by atoms with van der Waals surface area (Å²) >= 11 is 5.81. The van der Waals surface area contributed by atoms with Crippen LogP contribution in [0.2, 0.25) is 0 Å². The number of pyridine rings is 2. The number of thiocarbonyl (C=S) groups is 1. The van der Waals surface area contributed by atoms with E-state index in [1.165, 1.54) is 0 Å². The summed E-state index contributed by atoms with van der Waals surface area (Å²) in [5.41, 5.74) is 3.76. The lowest BCUT2D eigenvalue weighted by molar-refractivity contribution is -0.116. The molecule has 2 aromatic carbocycles. The van der Waals surface area contributed by atoms with Gasteiger partial charge in [-0.2, -0.15) is 0 Å². The van der Waals surface area contributed by atoms with E-state index < -0.39 is 0 Å². The first-order chi connectivity index (χ1) is 18.7. The molecule has 1 amide bonds. The largest absolute Gasteiger partial charge is 0.352 e. The van der Waals surface area contributed by atoms with Crippen LogP contribution in [0.25, 0.3) is 16.5 Å². The Hall–Kier alpha value is -4.56. The van der Waals surface area contributed by atoms with Crippen molar-refractivity contribution in [3.63, 3.8) is 0 Å².